The maximum Gasteiger partial charge on any atom is 0.243 e. The van der Waals surface area contributed by atoms with Crippen LogP contribution in [0.5, 0.6) is 0 Å². The van der Waals surface area contributed by atoms with Crippen molar-refractivity contribution in [3.8, 4) is 6.07 Å². The Balaban J connectivity index is 2.99. The largest absolute Gasteiger partial charge is 0.243 e. The highest BCUT2D eigenvalue weighted by Crippen LogP contribution is 2.16. The van der Waals surface area contributed by atoms with Gasteiger partial charge >= 0.3 is 0 Å². The first-order valence-corrected chi connectivity index (χ1v) is 7.50. The monoisotopic (exact) mass is 266 g/mol. The number of benzene rings is 1. The van der Waals surface area contributed by atoms with Crippen LogP contribution in [0.15, 0.2) is 29.2 Å². The van der Waals surface area contributed by atoms with Gasteiger partial charge in [-0.05, 0) is 30.7 Å². The normalized spacial score (nSPS) is 11.4. The van der Waals surface area contributed by atoms with Gasteiger partial charge in [0.05, 0.1) is 16.5 Å². The van der Waals surface area contributed by atoms with Gasteiger partial charge in [-0.15, -0.1) is 0 Å². The van der Waals surface area contributed by atoms with Crippen molar-refractivity contribution in [3.05, 3.63) is 29.8 Å². The number of nitrogens with zero attached hydrogens (tertiary/aromatic N) is 2. The number of rotatable bonds is 6. The molecule has 0 heterocycles. The van der Waals surface area contributed by atoms with Crippen LogP contribution in [-0.4, -0.2) is 25.8 Å². The SMILES string of the molecule is CCCCN(CC)S(=O)(=O)c1ccc(C#N)cc1. The zero-order valence-electron chi connectivity index (χ0n) is 10.8. The third kappa shape index (κ3) is 3.31. The van der Waals surface area contributed by atoms with E-state index >= 15 is 0 Å². The predicted octanol–water partition coefficient (Wildman–Crippen LogP) is 2.37. The standard InChI is InChI=1S/C13H18N2O2S/c1-3-5-10-15(4-2)18(16,17)13-8-6-12(11-14)7-9-13/h6-9H,3-5,10H2,1-2H3. The molecule has 1 rings (SSSR count). The molecule has 0 saturated heterocycles. The van der Waals surface area contributed by atoms with Crippen molar-refractivity contribution < 1.29 is 8.42 Å². The lowest BCUT2D eigenvalue weighted by atomic mass is 10.2. The van der Waals surface area contributed by atoms with Crippen LogP contribution in [0.2, 0.25) is 0 Å². The van der Waals surface area contributed by atoms with E-state index in [0.29, 0.717) is 18.7 Å². The van der Waals surface area contributed by atoms with Crippen molar-refractivity contribution >= 4 is 10.0 Å². The average Bonchev–Trinajstić information content (AvgIpc) is 2.39. The molecule has 0 amide bonds. The summed E-state index contributed by atoms with van der Waals surface area (Å²) in [6.45, 7) is 4.86. The van der Waals surface area contributed by atoms with E-state index in [4.69, 9.17) is 5.26 Å². The van der Waals surface area contributed by atoms with Crippen LogP contribution < -0.4 is 0 Å². The third-order valence-corrected chi connectivity index (χ3v) is 4.72. The van der Waals surface area contributed by atoms with Crippen LogP contribution in [-0.2, 0) is 10.0 Å². The van der Waals surface area contributed by atoms with Gasteiger partial charge in [0, 0.05) is 13.1 Å². The van der Waals surface area contributed by atoms with E-state index in [2.05, 4.69) is 0 Å². The van der Waals surface area contributed by atoms with Crippen LogP contribution in [0.4, 0.5) is 0 Å². The van der Waals surface area contributed by atoms with Gasteiger partial charge < -0.3 is 0 Å². The molecule has 0 saturated carbocycles. The summed E-state index contributed by atoms with van der Waals surface area (Å²) in [4.78, 5) is 0.249. The third-order valence-electron chi connectivity index (χ3n) is 2.73. The van der Waals surface area contributed by atoms with E-state index in [-0.39, 0.29) is 4.90 Å². The number of sulfonamides is 1. The Bertz CT molecular complexity index is 515. The van der Waals surface area contributed by atoms with E-state index < -0.39 is 10.0 Å². The summed E-state index contributed by atoms with van der Waals surface area (Å²) in [5.74, 6) is 0. The van der Waals surface area contributed by atoms with E-state index in [1.165, 1.54) is 28.6 Å². The highest BCUT2D eigenvalue weighted by atomic mass is 32.2. The van der Waals surface area contributed by atoms with Gasteiger partial charge in [-0.25, -0.2) is 8.42 Å². The molecule has 1 aromatic rings. The Morgan fingerprint density at radius 2 is 1.83 bits per heavy atom. The first kappa shape index (κ1) is 14.7. The van der Waals surface area contributed by atoms with Gasteiger partial charge in [-0.2, -0.15) is 9.57 Å². The van der Waals surface area contributed by atoms with Gasteiger partial charge in [0.1, 0.15) is 0 Å². The Morgan fingerprint density at radius 3 is 2.28 bits per heavy atom. The van der Waals surface area contributed by atoms with Crippen molar-refractivity contribution in [2.45, 2.75) is 31.6 Å². The summed E-state index contributed by atoms with van der Waals surface area (Å²) in [5, 5.41) is 8.69. The van der Waals surface area contributed by atoms with Crippen molar-refractivity contribution in [1.29, 1.82) is 5.26 Å². The molecule has 4 nitrogen and oxygen atoms in total. The minimum absolute atomic E-state index is 0.249. The lowest BCUT2D eigenvalue weighted by Crippen LogP contribution is -2.31. The lowest BCUT2D eigenvalue weighted by molar-refractivity contribution is 0.419. The molecule has 5 heteroatoms. The molecule has 0 aliphatic rings. The molecule has 98 valence electrons. The highest BCUT2D eigenvalue weighted by Gasteiger charge is 2.22. The molecule has 0 spiro atoms. The van der Waals surface area contributed by atoms with Gasteiger partial charge in [-0.1, -0.05) is 20.3 Å². The average molecular weight is 266 g/mol. The fourth-order valence-electron chi connectivity index (χ4n) is 1.63. The summed E-state index contributed by atoms with van der Waals surface area (Å²) in [7, 11) is -3.42. The van der Waals surface area contributed by atoms with Crippen molar-refractivity contribution in [2.75, 3.05) is 13.1 Å². The fraction of sp³-hybridized carbons (Fsp3) is 0.462. The number of hydrogen-bond donors (Lipinski definition) is 0. The molecular weight excluding hydrogens is 248 g/mol. The number of nitriles is 1. The van der Waals surface area contributed by atoms with Gasteiger partial charge in [-0.3, -0.25) is 0 Å². The van der Waals surface area contributed by atoms with Crippen LogP contribution in [0.25, 0.3) is 0 Å². The summed E-state index contributed by atoms with van der Waals surface area (Å²) < 4.78 is 26.1. The first-order valence-electron chi connectivity index (χ1n) is 6.06. The first-order chi connectivity index (χ1) is 8.56. The molecule has 1 aromatic carbocycles. The topological polar surface area (TPSA) is 61.2 Å². The molecule has 0 fully saturated rings. The molecule has 0 aliphatic carbocycles. The summed E-state index contributed by atoms with van der Waals surface area (Å²) in [6, 6.07) is 8.01. The maximum atomic E-state index is 12.3. The van der Waals surface area contributed by atoms with Gasteiger partial charge in [0.2, 0.25) is 10.0 Å². The Morgan fingerprint density at radius 1 is 1.22 bits per heavy atom. The van der Waals surface area contributed by atoms with Crippen LogP contribution in [0, 0.1) is 11.3 Å². The zero-order chi connectivity index (χ0) is 13.6. The van der Waals surface area contributed by atoms with Crippen molar-refractivity contribution in [3.63, 3.8) is 0 Å². The second kappa shape index (κ2) is 6.53. The Kier molecular flexibility index (Phi) is 5.32. The molecule has 0 aliphatic heterocycles. The molecule has 0 N–H and O–H groups in total. The minimum Gasteiger partial charge on any atom is -0.207 e. The van der Waals surface area contributed by atoms with Gasteiger partial charge in [0.15, 0.2) is 0 Å². The Labute approximate surface area is 109 Å². The van der Waals surface area contributed by atoms with Gasteiger partial charge in [0.25, 0.3) is 0 Å². The van der Waals surface area contributed by atoms with Crippen LogP contribution >= 0.6 is 0 Å². The minimum atomic E-state index is -3.42. The second-order valence-corrected chi connectivity index (χ2v) is 5.92. The lowest BCUT2D eigenvalue weighted by Gasteiger charge is -2.20. The highest BCUT2D eigenvalue weighted by molar-refractivity contribution is 7.89. The van der Waals surface area contributed by atoms with E-state index in [0.717, 1.165) is 12.8 Å². The molecule has 0 bridgehead atoms. The molecule has 0 radical (unpaired) electrons. The van der Waals surface area contributed by atoms with Crippen LogP contribution in [0.1, 0.15) is 32.3 Å². The fourth-order valence-corrected chi connectivity index (χ4v) is 3.12. The maximum absolute atomic E-state index is 12.3. The summed E-state index contributed by atoms with van der Waals surface area (Å²) in [6.07, 6.45) is 1.81. The van der Waals surface area contributed by atoms with Crippen molar-refractivity contribution in [2.24, 2.45) is 0 Å². The van der Waals surface area contributed by atoms with Crippen LogP contribution in [0.3, 0.4) is 0 Å². The van der Waals surface area contributed by atoms with E-state index in [9.17, 15) is 8.42 Å². The van der Waals surface area contributed by atoms with E-state index in [1.54, 1.807) is 0 Å². The van der Waals surface area contributed by atoms with E-state index in [1.807, 2.05) is 19.9 Å². The quantitative estimate of drug-likeness (QED) is 0.794. The Hall–Kier alpha value is -1.38. The second-order valence-electron chi connectivity index (χ2n) is 3.99. The molecule has 0 aromatic heterocycles. The molecule has 18 heavy (non-hydrogen) atoms. The molecular formula is C13H18N2O2S. The number of unbranched alkanes of at least 4 members (excludes halogenated alkanes) is 1. The summed E-state index contributed by atoms with van der Waals surface area (Å²) >= 11 is 0. The summed E-state index contributed by atoms with van der Waals surface area (Å²) in [5.41, 5.74) is 0.463. The zero-order valence-corrected chi connectivity index (χ0v) is 11.6. The number of hydrogen-bond acceptors (Lipinski definition) is 3. The predicted molar refractivity (Wildman–Crippen MR) is 70.5 cm³/mol. The smallest absolute Gasteiger partial charge is 0.207 e. The molecule has 0 atom stereocenters. The molecule has 0 unspecified atom stereocenters. The van der Waals surface area contributed by atoms with Crippen molar-refractivity contribution in [1.82, 2.24) is 4.31 Å².